The quantitative estimate of drug-likeness (QED) is 0.578. The summed E-state index contributed by atoms with van der Waals surface area (Å²) >= 11 is 0. The first-order chi connectivity index (χ1) is 15.0. The van der Waals surface area contributed by atoms with Crippen LogP contribution < -0.4 is 10.2 Å². The molecule has 5 nitrogen and oxygen atoms in total. The minimum absolute atomic E-state index is 0.0709. The summed E-state index contributed by atoms with van der Waals surface area (Å²) in [5.74, 6) is -0.719. The van der Waals surface area contributed by atoms with Gasteiger partial charge >= 0.3 is 5.97 Å². The van der Waals surface area contributed by atoms with Gasteiger partial charge in [0.15, 0.2) is 0 Å². The van der Waals surface area contributed by atoms with Crippen molar-refractivity contribution in [3.05, 3.63) is 96.1 Å². The van der Waals surface area contributed by atoms with E-state index in [9.17, 15) is 9.59 Å². The molecule has 0 spiro atoms. The standard InChI is InChI=1S/C26H26N2O3/c1-18-17-23(27-21-13-7-4-8-14-21)22-15-9-10-16-24(22)28(18)26(30)25(31-19(2)29)20-11-5-3-6-12-20/h3-16,18,23,25,27H,17H2,1-2H3/t18-,23+,25+/m0/s1. The third-order valence-corrected chi connectivity index (χ3v) is 5.55. The van der Waals surface area contributed by atoms with Crippen molar-refractivity contribution in [1.82, 2.24) is 0 Å². The van der Waals surface area contributed by atoms with E-state index >= 15 is 0 Å². The molecule has 158 valence electrons. The van der Waals surface area contributed by atoms with Gasteiger partial charge in [0.2, 0.25) is 6.10 Å². The number of hydrogen-bond donors (Lipinski definition) is 1. The number of amides is 1. The smallest absolute Gasteiger partial charge is 0.303 e. The monoisotopic (exact) mass is 414 g/mol. The number of benzene rings is 3. The highest BCUT2D eigenvalue weighted by Gasteiger charge is 2.38. The average molecular weight is 415 g/mol. The van der Waals surface area contributed by atoms with Gasteiger partial charge in [0.05, 0.1) is 6.04 Å². The first-order valence-electron chi connectivity index (χ1n) is 10.5. The third kappa shape index (κ3) is 4.45. The zero-order valence-corrected chi connectivity index (χ0v) is 17.7. The molecule has 1 aliphatic rings. The SMILES string of the molecule is CC(=O)O[C@@H](C(=O)N1c2ccccc2[C@H](Nc2ccccc2)C[C@@H]1C)c1ccccc1. The molecule has 31 heavy (non-hydrogen) atoms. The van der Waals surface area contributed by atoms with Gasteiger partial charge < -0.3 is 15.0 Å². The summed E-state index contributed by atoms with van der Waals surface area (Å²) in [5.41, 5.74) is 3.59. The highest BCUT2D eigenvalue weighted by atomic mass is 16.5. The molecule has 3 aromatic rings. The number of esters is 1. The van der Waals surface area contributed by atoms with Crippen LogP contribution in [0.1, 0.15) is 43.5 Å². The van der Waals surface area contributed by atoms with Crippen molar-refractivity contribution < 1.29 is 14.3 Å². The van der Waals surface area contributed by atoms with Gasteiger partial charge in [0.1, 0.15) is 0 Å². The predicted molar refractivity (Wildman–Crippen MR) is 122 cm³/mol. The van der Waals surface area contributed by atoms with E-state index in [0.717, 1.165) is 23.4 Å². The van der Waals surface area contributed by atoms with Crippen molar-refractivity contribution in [3.63, 3.8) is 0 Å². The van der Waals surface area contributed by atoms with Crippen LogP contribution in [0.4, 0.5) is 11.4 Å². The Bertz CT molecular complexity index is 1050. The Morgan fingerprint density at radius 3 is 2.23 bits per heavy atom. The van der Waals surface area contributed by atoms with E-state index in [4.69, 9.17) is 4.74 Å². The molecule has 1 aliphatic heterocycles. The van der Waals surface area contributed by atoms with Gasteiger partial charge in [-0.25, -0.2) is 0 Å². The predicted octanol–water partition coefficient (Wildman–Crippen LogP) is 5.27. The number of para-hydroxylation sites is 2. The number of carbonyl (C=O) groups excluding carboxylic acids is 2. The fraction of sp³-hybridized carbons (Fsp3) is 0.231. The molecule has 0 saturated heterocycles. The Morgan fingerprint density at radius 1 is 0.935 bits per heavy atom. The Morgan fingerprint density at radius 2 is 1.55 bits per heavy atom. The normalized spacial score (nSPS) is 18.6. The van der Waals surface area contributed by atoms with E-state index in [1.807, 2.05) is 91.9 Å². The highest BCUT2D eigenvalue weighted by molar-refractivity contribution is 5.99. The minimum atomic E-state index is -0.979. The van der Waals surface area contributed by atoms with Crippen LogP contribution in [-0.2, 0) is 14.3 Å². The average Bonchev–Trinajstić information content (AvgIpc) is 2.78. The number of hydrogen-bond acceptors (Lipinski definition) is 4. The molecule has 0 unspecified atom stereocenters. The molecule has 4 rings (SSSR count). The summed E-state index contributed by atoms with van der Waals surface area (Å²) in [6, 6.07) is 27.2. The number of ether oxygens (including phenoxy) is 1. The molecule has 0 bridgehead atoms. The molecule has 0 saturated carbocycles. The van der Waals surface area contributed by atoms with Crippen LogP contribution >= 0.6 is 0 Å². The molecule has 0 aliphatic carbocycles. The topological polar surface area (TPSA) is 58.6 Å². The lowest BCUT2D eigenvalue weighted by Crippen LogP contribution is -2.47. The Labute approximate surface area is 182 Å². The van der Waals surface area contributed by atoms with Crippen molar-refractivity contribution in [2.45, 2.75) is 38.5 Å². The Hall–Kier alpha value is -3.60. The first kappa shape index (κ1) is 20.7. The maximum absolute atomic E-state index is 13.7. The summed E-state index contributed by atoms with van der Waals surface area (Å²) < 4.78 is 5.49. The van der Waals surface area contributed by atoms with Gasteiger partial charge in [-0.2, -0.15) is 0 Å². The van der Waals surface area contributed by atoms with E-state index in [1.165, 1.54) is 6.92 Å². The molecule has 1 amide bonds. The van der Waals surface area contributed by atoms with Gasteiger partial charge in [0.25, 0.3) is 5.91 Å². The number of nitrogens with zero attached hydrogens (tertiary/aromatic N) is 1. The maximum atomic E-state index is 13.7. The lowest BCUT2D eigenvalue weighted by atomic mass is 9.90. The molecule has 0 fully saturated rings. The molecular formula is C26H26N2O3. The third-order valence-electron chi connectivity index (χ3n) is 5.55. The summed E-state index contributed by atoms with van der Waals surface area (Å²) in [6.45, 7) is 3.36. The summed E-state index contributed by atoms with van der Waals surface area (Å²) in [6.07, 6.45) is -0.244. The lowest BCUT2D eigenvalue weighted by Gasteiger charge is -2.41. The van der Waals surface area contributed by atoms with Crippen molar-refractivity contribution >= 4 is 23.3 Å². The molecule has 0 aromatic heterocycles. The van der Waals surface area contributed by atoms with Crippen molar-refractivity contribution in [2.24, 2.45) is 0 Å². The number of nitrogens with one attached hydrogen (secondary N) is 1. The number of rotatable bonds is 5. The lowest BCUT2D eigenvalue weighted by molar-refractivity contribution is -0.153. The second-order valence-electron chi connectivity index (χ2n) is 7.81. The van der Waals surface area contributed by atoms with Gasteiger partial charge in [-0.05, 0) is 37.1 Å². The van der Waals surface area contributed by atoms with Crippen molar-refractivity contribution in [1.29, 1.82) is 0 Å². The van der Waals surface area contributed by atoms with Crippen LogP contribution in [0.15, 0.2) is 84.9 Å². The fourth-order valence-corrected chi connectivity index (χ4v) is 4.20. The van der Waals surface area contributed by atoms with E-state index < -0.39 is 12.1 Å². The highest BCUT2D eigenvalue weighted by Crippen LogP contribution is 2.40. The molecule has 3 atom stereocenters. The summed E-state index contributed by atoms with van der Waals surface area (Å²) in [7, 11) is 0. The number of fused-ring (bicyclic) bond motifs is 1. The molecule has 0 radical (unpaired) electrons. The van der Waals surface area contributed by atoms with E-state index in [2.05, 4.69) is 5.32 Å². The van der Waals surface area contributed by atoms with Crippen molar-refractivity contribution in [3.8, 4) is 0 Å². The molecule has 3 aromatic carbocycles. The van der Waals surface area contributed by atoms with Crippen LogP contribution in [0.3, 0.4) is 0 Å². The van der Waals surface area contributed by atoms with Crippen LogP contribution in [-0.4, -0.2) is 17.9 Å². The van der Waals surface area contributed by atoms with Crippen LogP contribution in [0.5, 0.6) is 0 Å². The molecule has 1 N–H and O–H groups in total. The molecule has 5 heteroatoms. The van der Waals surface area contributed by atoms with Gasteiger partial charge in [-0.3, -0.25) is 9.59 Å². The van der Waals surface area contributed by atoms with E-state index in [0.29, 0.717) is 5.56 Å². The van der Waals surface area contributed by atoms with Gasteiger partial charge in [-0.15, -0.1) is 0 Å². The summed E-state index contributed by atoms with van der Waals surface area (Å²) in [4.78, 5) is 27.3. The van der Waals surface area contributed by atoms with Gasteiger partial charge in [0, 0.05) is 29.9 Å². The zero-order valence-electron chi connectivity index (χ0n) is 17.7. The van der Waals surface area contributed by atoms with E-state index in [-0.39, 0.29) is 18.0 Å². The van der Waals surface area contributed by atoms with Crippen LogP contribution in [0, 0.1) is 0 Å². The number of carbonyl (C=O) groups is 2. The van der Waals surface area contributed by atoms with Crippen LogP contribution in [0.25, 0.3) is 0 Å². The Kier molecular flexibility index (Phi) is 6.03. The molecule has 1 heterocycles. The number of anilines is 2. The van der Waals surface area contributed by atoms with Crippen LogP contribution in [0.2, 0.25) is 0 Å². The summed E-state index contributed by atoms with van der Waals surface area (Å²) in [5, 5.41) is 3.60. The minimum Gasteiger partial charge on any atom is -0.447 e. The Balaban J connectivity index is 1.69. The largest absolute Gasteiger partial charge is 0.447 e. The second kappa shape index (κ2) is 9.04. The molecular weight excluding hydrogens is 388 g/mol. The van der Waals surface area contributed by atoms with Gasteiger partial charge in [-0.1, -0.05) is 66.7 Å². The second-order valence-corrected chi connectivity index (χ2v) is 7.81. The first-order valence-corrected chi connectivity index (χ1v) is 10.5. The van der Waals surface area contributed by atoms with E-state index in [1.54, 1.807) is 4.90 Å². The maximum Gasteiger partial charge on any atom is 0.303 e. The fourth-order valence-electron chi connectivity index (χ4n) is 4.20. The van der Waals surface area contributed by atoms with Crippen molar-refractivity contribution in [2.75, 3.05) is 10.2 Å². The zero-order chi connectivity index (χ0) is 21.8.